The molecule has 0 unspecified atom stereocenters. The Balaban J connectivity index is 2.15. The van der Waals surface area contributed by atoms with E-state index >= 15 is 0 Å². The number of thiocarbonyl (C=S) groups is 1. The first-order chi connectivity index (χ1) is 8.97. The molecule has 1 aromatic rings. The summed E-state index contributed by atoms with van der Waals surface area (Å²) in [4.78, 5) is 22.2. The third-order valence-corrected chi connectivity index (χ3v) is 3.48. The van der Waals surface area contributed by atoms with Crippen molar-refractivity contribution in [2.75, 3.05) is 18.0 Å². The average Bonchev–Trinajstić information content (AvgIpc) is 2.38. The standard InChI is InChI=1S/C12H17N5OS/c1-7-6-9(11(14)19)16-12(15-7)17-4-2-8(3-5-17)10(13)18/h6,8H,2-5H2,1H3,(H2,13,18)(H2,14,19). The number of piperidine rings is 1. The van der Waals surface area contributed by atoms with Crippen molar-refractivity contribution in [1.29, 1.82) is 0 Å². The fourth-order valence-electron chi connectivity index (χ4n) is 2.18. The predicted molar refractivity (Wildman–Crippen MR) is 76.8 cm³/mol. The van der Waals surface area contributed by atoms with Gasteiger partial charge in [0.1, 0.15) is 10.7 Å². The Labute approximate surface area is 117 Å². The van der Waals surface area contributed by atoms with Crippen LogP contribution in [0.25, 0.3) is 0 Å². The van der Waals surface area contributed by atoms with Crippen molar-refractivity contribution in [3.05, 3.63) is 17.5 Å². The van der Waals surface area contributed by atoms with Gasteiger partial charge in [0.05, 0.1) is 0 Å². The Morgan fingerprint density at radius 1 is 1.37 bits per heavy atom. The molecule has 0 radical (unpaired) electrons. The van der Waals surface area contributed by atoms with Crippen molar-refractivity contribution >= 4 is 29.1 Å². The van der Waals surface area contributed by atoms with Crippen LogP contribution in [0.15, 0.2) is 6.07 Å². The number of aryl methyl sites for hydroxylation is 1. The van der Waals surface area contributed by atoms with E-state index < -0.39 is 0 Å². The van der Waals surface area contributed by atoms with Gasteiger partial charge >= 0.3 is 0 Å². The van der Waals surface area contributed by atoms with Crippen molar-refractivity contribution in [2.45, 2.75) is 19.8 Å². The number of nitrogens with two attached hydrogens (primary N) is 2. The quantitative estimate of drug-likeness (QED) is 0.763. The Hall–Kier alpha value is -1.76. The van der Waals surface area contributed by atoms with Crippen LogP contribution in [0.5, 0.6) is 0 Å². The molecule has 1 aliphatic heterocycles. The summed E-state index contributed by atoms with van der Waals surface area (Å²) < 4.78 is 0. The minimum absolute atomic E-state index is 0.0453. The van der Waals surface area contributed by atoms with Crippen molar-refractivity contribution in [3.63, 3.8) is 0 Å². The molecule has 1 amide bonds. The van der Waals surface area contributed by atoms with Crippen molar-refractivity contribution in [3.8, 4) is 0 Å². The average molecular weight is 279 g/mol. The highest BCUT2D eigenvalue weighted by atomic mass is 32.1. The summed E-state index contributed by atoms with van der Waals surface area (Å²) in [6.45, 7) is 3.31. The highest BCUT2D eigenvalue weighted by molar-refractivity contribution is 7.80. The monoisotopic (exact) mass is 279 g/mol. The number of carbonyl (C=O) groups is 1. The van der Waals surface area contributed by atoms with Gasteiger partial charge in [-0.2, -0.15) is 0 Å². The molecule has 102 valence electrons. The van der Waals surface area contributed by atoms with Gasteiger partial charge in [-0.05, 0) is 25.8 Å². The highest BCUT2D eigenvalue weighted by Crippen LogP contribution is 2.20. The summed E-state index contributed by atoms with van der Waals surface area (Å²) in [7, 11) is 0. The molecule has 4 N–H and O–H groups in total. The fourth-order valence-corrected chi connectivity index (χ4v) is 2.29. The van der Waals surface area contributed by atoms with E-state index in [1.54, 1.807) is 6.07 Å². The second-order valence-corrected chi connectivity index (χ2v) is 5.16. The Morgan fingerprint density at radius 2 is 2.00 bits per heavy atom. The second-order valence-electron chi connectivity index (χ2n) is 4.72. The summed E-state index contributed by atoms with van der Waals surface area (Å²) in [6.07, 6.45) is 1.46. The SMILES string of the molecule is Cc1cc(C(N)=S)nc(N2CCC(C(N)=O)CC2)n1. The van der Waals surface area contributed by atoms with Crippen LogP contribution in [-0.2, 0) is 4.79 Å². The number of carbonyl (C=O) groups excluding carboxylic acids is 1. The van der Waals surface area contributed by atoms with E-state index in [9.17, 15) is 4.79 Å². The van der Waals surface area contributed by atoms with E-state index in [1.807, 2.05) is 11.8 Å². The molecule has 0 spiro atoms. The first kappa shape index (κ1) is 13.7. The van der Waals surface area contributed by atoms with Crippen molar-refractivity contribution < 1.29 is 4.79 Å². The molecule has 1 aliphatic rings. The molecule has 19 heavy (non-hydrogen) atoms. The molecular formula is C12H17N5OS. The van der Waals surface area contributed by atoms with Gasteiger partial charge in [-0.25, -0.2) is 9.97 Å². The zero-order chi connectivity index (χ0) is 14.0. The molecular weight excluding hydrogens is 262 g/mol. The number of hydrogen-bond donors (Lipinski definition) is 2. The van der Waals surface area contributed by atoms with Crippen LogP contribution in [0.3, 0.4) is 0 Å². The number of primary amides is 1. The van der Waals surface area contributed by atoms with E-state index in [0.29, 0.717) is 24.7 Å². The van der Waals surface area contributed by atoms with E-state index in [4.69, 9.17) is 23.7 Å². The molecule has 2 heterocycles. The van der Waals surface area contributed by atoms with Gasteiger partial charge in [-0.3, -0.25) is 4.79 Å². The lowest BCUT2D eigenvalue weighted by Crippen LogP contribution is -2.39. The predicted octanol–water partition coefficient (Wildman–Crippen LogP) is 0.121. The normalized spacial score (nSPS) is 16.4. The van der Waals surface area contributed by atoms with E-state index in [-0.39, 0.29) is 16.8 Å². The van der Waals surface area contributed by atoms with Crippen LogP contribution < -0.4 is 16.4 Å². The minimum Gasteiger partial charge on any atom is -0.388 e. The molecule has 1 saturated heterocycles. The van der Waals surface area contributed by atoms with Crippen LogP contribution in [0.4, 0.5) is 5.95 Å². The molecule has 1 aromatic heterocycles. The molecule has 0 bridgehead atoms. The fraction of sp³-hybridized carbons (Fsp3) is 0.500. The van der Waals surface area contributed by atoms with Gasteiger partial charge in [0.15, 0.2) is 0 Å². The third kappa shape index (κ3) is 3.17. The Bertz CT molecular complexity index is 511. The lowest BCUT2D eigenvalue weighted by Gasteiger charge is -2.30. The first-order valence-corrected chi connectivity index (χ1v) is 6.58. The van der Waals surface area contributed by atoms with Gasteiger partial charge < -0.3 is 16.4 Å². The van der Waals surface area contributed by atoms with Crippen molar-refractivity contribution in [1.82, 2.24) is 9.97 Å². The van der Waals surface area contributed by atoms with Gasteiger partial charge in [0.25, 0.3) is 0 Å². The Morgan fingerprint density at radius 3 is 2.53 bits per heavy atom. The van der Waals surface area contributed by atoms with Gasteiger partial charge in [0.2, 0.25) is 11.9 Å². The van der Waals surface area contributed by atoms with E-state index in [0.717, 1.165) is 18.5 Å². The summed E-state index contributed by atoms with van der Waals surface area (Å²) in [5.41, 5.74) is 12.3. The minimum atomic E-state index is -0.228. The molecule has 6 nitrogen and oxygen atoms in total. The van der Waals surface area contributed by atoms with Crippen LogP contribution in [0.2, 0.25) is 0 Å². The van der Waals surface area contributed by atoms with E-state index in [1.165, 1.54) is 0 Å². The van der Waals surface area contributed by atoms with Crippen LogP contribution in [0.1, 0.15) is 24.2 Å². The summed E-state index contributed by atoms with van der Waals surface area (Å²) >= 11 is 4.94. The molecule has 0 aromatic carbocycles. The summed E-state index contributed by atoms with van der Waals surface area (Å²) in [5.74, 6) is 0.343. The smallest absolute Gasteiger partial charge is 0.226 e. The largest absolute Gasteiger partial charge is 0.388 e. The second kappa shape index (κ2) is 5.48. The molecule has 1 fully saturated rings. The van der Waals surface area contributed by atoms with Crippen LogP contribution in [0, 0.1) is 12.8 Å². The van der Waals surface area contributed by atoms with Crippen molar-refractivity contribution in [2.24, 2.45) is 17.4 Å². The number of hydrogen-bond acceptors (Lipinski definition) is 5. The maximum absolute atomic E-state index is 11.1. The molecule has 0 atom stereocenters. The van der Waals surface area contributed by atoms with Gasteiger partial charge in [-0.15, -0.1) is 0 Å². The zero-order valence-corrected chi connectivity index (χ0v) is 11.6. The topological polar surface area (TPSA) is 98.1 Å². The van der Waals surface area contributed by atoms with Crippen LogP contribution in [-0.4, -0.2) is 34.0 Å². The number of rotatable bonds is 3. The van der Waals surface area contributed by atoms with Gasteiger partial charge in [-0.1, -0.05) is 12.2 Å². The lowest BCUT2D eigenvalue weighted by atomic mass is 9.96. The highest BCUT2D eigenvalue weighted by Gasteiger charge is 2.24. The number of amides is 1. The van der Waals surface area contributed by atoms with Crippen LogP contribution >= 0.6 is 12.2 Å². The summed E-state index contributed by atoms with van der Waals surface area (Å²) in [6, 6.07) is 1.77. The number of aromatic nitrogens is 2. The molecule has 0 aliphatic carbocycles. The van der Waals surface area contributed by atoms with Gasteiger partial charge in [0, 0.05) is 24.7 Å². The Kier molecular flexibility index (Phi) is 3.94. The molecule has 2 rings (SSSR count). The summed E-state index contributed by atoms with van der Waals surface area (Å²) in [5, 5.41) is 0. The zero-order valence-electron chi connectivity index (χ0n) is 10.8. The molecule has 7 heteroatoms. The molecule has 0 saturated carbocycles. The third-order valence-electron chi connectivity index (χ3n) is 3.28. The number of anilines is 1. The van der Waals surface area contributed by atoms with E-state index in [2.05, 4.69) is 9.97 Å². The lowest BCUT2D eigenvalue weighted by molar-refractivity contribution is -0.122. The first-order valence-electron chi connectivity index (χ1n) is 6.17. The number of nitrogens with zero attached hydrogens (tertiary/aromatic N) is 3. The maximum atomic E-state index is 11.1. The maximum Gasteiger partial charge on any atom is 0.226 e.